The zero-order valence-corrected chi connectivity index (χ0v) is 23.8. The third kappa shape index (κ3) is 6.92. The summed E-state index contributed by atoms with van der Waals surface area (Å²) in [5, 5.41) is 3.63. The van der Waals surface area contributed by atoms with Crippen molar-refractivity contribution in [3.8, 4) is 11.9 Å². The number of aromatic nitrogens is 3. The number of anilines is 1. The van der Waals surface area contributed by atoms with Crippen molar-refractivity contribution in [1.29, 1.82) is 0 Å². The number of hydrogen-bond acceptors (Lipinski definition) is 9. The fourth-order valence-corrected chi connectivity index (χ4v) is 6.26. The fourth-order valence-electron chi connectivity index (χ4n) is 4.76. The average molecular weight is 582 g/mol. The number of methoxy groups -OCH3 is 1. The summed E-state index contributed by atoms with van der Waals surface area (Å²) in [5.74, 6) is -0.359. The maximum atomic E-state index is 14.9. The van der Waals surface area contributed by atoms with Crippen LogP contribution in [0.4, 0.5) is 19.0 Å². The molecule has 3 aromatic rings. The molecule has 1 N–H and O–H groups in total. The number of sulfone groups is 1. The average Bonchev–Trinajstić information content (AvgIpc) is 2.90. The van der Waals surface area contributed by atoms with Crippen LogP contribution in [0.3, 0.4) is 0 Å². The Bertz CT molecular complexity index is 1440. The monoisotopic (exact) mass is 581 g/mol. The SMILES string of the molecule is COc1nc2nc(OCCCN(C)C)nc(N[C@H](C)c3cccc(C(F)F)c3F)c2cc1C1CCS(=O)(=O)CC1. The molecule has 0 saturated carbocycles. The minimum absolute atomic E-state index is 0.0498. The summed E-state index contributed by atoms with van der Waals surface area (Å²) in [4.78, 5) is 15.6. The maximum Gasteiger partial charge on any atom is 0.320 e. The van der Waals surface area contributed by atoms with Gasteiger partial charge in [-0.3, -0.25) is 0 Å². The lowest BCUT2D eigenvalue weighted by Gasteiger charge is -2.24. The van der Waals surface area contributed by atoms with E-state index in [0.29, 0.717) is 30.7 Å². The van der Waals surface area contributed by atoms with Crippen molar-refractivity contribution in [2.75, 3.05) is 51.2 Å². The Hall–Kier alpha value is -3.19. The number of nitrogens with zero attached hydrogens (tertiary/aromatic N) is 4. The van der Waals surface area contributed by atoms with Crippen LogP contribution in [0, 0.1) is 5.82 Å². The van der Waals surface area contributed by atoms with Gasteiger partial charge in [-0.05, 0) is 52.3 Å². The summed E-state index contributed by atoms with van der Waals surface area (Å²) in [6, 6.07) is 4.99. The molecule has 0 amide bonds. The molecule has 3 heterocycles. The van der Waals surface area contributed by atoms with Crippen molar-refractivity contribution in [2.45, 2.75) is 44.6 Å². The number of ether oxygens (including phenoxy) is 2. The molecule has 1 aliphatic heterocycles. The molecular weight excluding hydrogens is 547 g/mol. The molecule has 218 valence electrons. The van der Waals surface area contributed by atoms with E-state index in [9.17, 15) is 21.6 Å². The molecule has 4 rings (SSSR count). The topological polar surface area (TPSA) is 107 Å². The molecular formula is C27H34F3N5O4S. The highest BCUT2D eigenvalue weighted by molar-refractivity contribution is 7.91. The van der Waals surface area contributed by atoms with Crippen LogP contribution in [0.2, 0.25) is 0 Å². The number of rotatable bonds is 11. The van der Waals surface area contributed by atoms with Gasteiger partial charge < -0.3 is 19.7 Å². The van der Waals surface area contributed by atoms with Gasteiger partial charge in [0.2, 0.25) is 5.88 Å². The number of fused-ring (bicyclic) bond motifs is 1. The van der Waals surface area contributed by atoms with Crippen LogP contribution in [0.25, 0.3) is 11.0 Å². The first-order chi connectivity index (χ1) is 19.0. The van der Waals surface area contributed by atoms with Crippen molar-refractivity contribution < 1.29 is 31.1 Å². The summed E-state index contributed by atoms with van der Waals surface area (Å²) in [7, 11) is 2.30. The van der Waals surface area contributed by atoms with Gasteiger partial charge in [0.1, 0.15) is 21.5 Å². The first kappa shape index (κ1) is 29.8. The number of pyridine rings is 1. The highest BCUT2D eigenvalue weighted by atomic mass is 32.2. The number of nitrogens with one attached hydrogen (secondary N) is 1. The largest absolute Gasteiger partial charge is 0.481 e. The van der Waals surface area contributed by atoms with Crippen molar-refractivity contribution in [3.05, 3.63) is 46.8 Å². The van der Waals surface area contributed by atoms with E-state index in [2.05, 4.69) is 20.3 Å². The minimum Gasteiger partial charge on any atom is -0.481 e. The standard InChI is InChI=1S/C27H34F3N5O4S/c1-16(18-7-5-8-19(22(18)28)23(29)30)31-24-21-15-20(17-9-13-40(36,37)14-10-17)26(38-4)32-25(21)34-27(33-24)39-12-6-11-35(2)3/h5,7-8,15-17,23H,6,9-14H2,1-4H3,(H,31,32,33,34)/t16-/m1/s1. The summed E-state index contributed by atoms with van der Waals surface area (Å²) in [6.45, 7) is 2.78. The third-order valence-corrected chi connectivity index (χ3v) is 8.66. The Labute approximate surface area is 232 Å². The Morgan fingerprint density at radius 2 is 1.82 bits per heavy atom. The van der Waals surface area contributed by atoms with Crippen molar-refractivity contribution in [3.63, 3.8) is 0 Å². The Morgan fingerprint density at radius 3 is 2.48 bits per heavy atom. The summed E-state index contributed by atoms with van der Waals surface area (Å²) in [6.07, 6.45) is -1.39. The Kier molecular flexibility index (Phi) is 9.34. The van der Waals surface area contributed by atoms with Gasteiger partial charge in [-0.25, -0.2) is 21.6 Å². The lowest BCUT2D eigenvalue weighted by Crippen LogP contribution is -2.22. The number of hydrogen-bond donors (Lipinski definition) is 1. The van der Waals surface area contributed by atoms with Crippen LogP contribution < -0.4 is 14.8 Å². The second kappa shape index (κ2) is 12.5. The van der Waals surface area contributed by atoms with Crippen molar-refractivity contribution in [1.82, 2.24) is 19.9 Å². The molecule has 40 heavy (non-hydrogen) atoms. The van der Waals surface area contributed by atoms with E-state index >= 15 is 0 Å². The first-order valence-electron chi connectivity index (χ1n) is 13.1. The quantitative estimate of drug-likeness (QED) is 0.316. The molecule has 1 saturated heterocycles. The van der Waals surface area contributed by atoms with Crippen molar-refractivity contribution >= 4 is 26.7 Å². The number of halogens is 3. The molecule has 0 radical (unpaired) electrons. The smallest absolute Gasteiger partial charge is 0.320 e. The molecule has 1 atom stereocenters. The molecule has 2 aromatic heterocycles. The highest BCUT2D eigenvalue weighted by Gasteiger charge is 2.29. The summed E-state index contributed by atoms with van der Waals surface area (Å²) >= 11 is 0. The van der Waals surface area contributed by atoms with E-state index in [-0.39, 0.29) is 40.5 Å². The van der Waals surface area contributed by atoms with Gasteiger partial charge in [0.05, 0.1) is 42.2 Å². The van der Waals surface area contributed by atoms with Gasteiger partial charge in [-0.15, -0.1) is 0 Å². The molecule has 9 nitrogen and oxygen atoms in total. The zero-order chi connectivity index (χ0) is 29.0. The lowest BCUT2D eigenvalue weighted by atomic mass is 9.93. The second-order valence-electron chi connectivity index (χ2n) is 10.2. The third-order valence-electron chi connectivity index (χ3n) is 6.94. The fraction of sp³-hybridized carbons (Fsp3) is 0.519. The van der Waals surface area contributed by atoms with Crippen LogP contribution in [0.5, 0.6) is 11.9 Å². The Balaban J connectivity index is 1.75. The highest BCUT2D eigenvalue weighted by Crippen LogP contribution is 2.38. The van der Waals surface area contributed by atoms with Crippen LogP contribution in [-0.2, 0) is 9.84 Å². The molecule has 1 aliphatic rings. The predicted octanol–water partition coefficient (Wildman–Crippen LogP) is 4.91. The molecule has 0 bridgehead atoms. The van der Waals surface area contributed by atoms with Crippen LogP contribution in [0.15, 0.2) is 24.3 Å². The van der Waals surface area contributed by atoms with E-state index < -0.39 is 33.7 Å². The molecule has 0 aliphatic carbocycles. The molecule has 13 heteroatoms. The Morgan fingerprint density at radius 1 is 1.12 bits per heavy atom. The van der Waals surface area contributed by atoms with Gasteiger partial charge in [0.25, 0.3) is 6.43 Å². The first-order valence-corrected chi connectivity index (χ1v) is 14.9. The molecule has 1 fully saturated rings. The minimum atomic E-state index is -3.08. The maximum absolute atomic E-state index is 14.9. The normalized spacial score (nSPS) is 16.4. The van der Waals surface area contributed by atoms with Gasteiger partial charge in [0.15, 0.2) is 5.65 Å². The van der Waals surface area contributed by atoms with Gasteiger partial charge in [-0.2, -0.15) is 15.0 Å². The van der Waals surface area contributed by atoms with Crippen LogP contribution in [-0.4, -0.2) is 74.1 Å². The van der Waals surface area contributed by atoms with Crippen LogP contribution >= 0.6 is 0 Å². The van der Waals surface area contributed by atoms with E-state index in [4.69, 9.17) is 9.47 Å². The van der Waals surface area contributed by atoms with E-state index in [1.807, 2.05) is 19.0 Å². The molecule has 0 spiro atoms. The van der Waals surface area contributed by atoms with Crippen LogP contribution in [0.1, 0.15) is 61.3 Å². The van der Waals surface area contributed by atoms with E-state index in [1.54, 1.807) is 13.0 Å². The van der Waals surface area contributed by atoms with E-state index in [0.717, 1.165) is 24.6 Å². The van der Waals surface area contributed by atoms with Crippen molar-refractivity contribution in [2.24, 2.45) is 0 Å². The zero-order valence-electron chi connectivity index (χ0n) is 23.0. The van der Waals surface area contributed by atoms with Gasteiger partial charge >= 0.3 is 6.01 Å². The summed E-state index contributed by atoms with van der Waals surface area (Å²) < 4.78 is 77.0. The second-order valence-corrected chi connectivity index (χ2v) is 12.5. The number of benzene rings is 1. The van der Waals surface area contributed by atoms with Gasteiger partial charge in [0, 0.05) is 17.7 Å². The number of alkyl halides is 2. The van der Waals surface area contributed by atoms with Gasteiger partial charge in [-0.1, -0.05) is 18.2 Å². The molecule has 0 unspecified atom stereocenters. The summed E-state index contributed by atoms with van der Waals surface area (Å²) in [5.41, 5.74) is 0.356. The lowest BCUT2D eigenvalue weighted by molar-refractivity contribution is 0.146. The molecule has 1 aromatic carbocycles. The van der Waals surface area contributed by atoms with E-state index in [1.165, 1.54) is 19.2 Å². The predicted molar refractivity (Wildman–Crippen MR) is 147 cm³/mol.